The first-order valence-corrected chi connectivity index (χ1v) is 6.28. The molecule has 0 saturated heterocycles. The lowest BCUT2D eigenvalue weighted by Gasteiger charge is -2.02. The first-order valence-electron chi connectivity index (χ1n) is 5.90. The summed E-state index contributed by atoms with van der Waals surface area (Å²) in [6.07, 6.45) is 3.71. The highest BCUT2D eigenvalue weighted by Gasteiger charge is 2.05. The molecule has 0 atom stereocenters. The van der Waals surface area contributed by atoms with Gasteiger partial charge in [-0.3, -0.25) is 0 Å². The van der Waals surface area contributed by atoms with Crippen molar-refractivity contribution in [3.63, 3.8) is 0 Å². The van der Waals surface area contributed by atoms with E-state index in [0.29, 0.717) is 10.6 Å². The Kier molecular flexibility index (Phi) is 4.76. The van der Waals surface area contributed by atoms with Crippen molar-refractivity contribution in [2.75, 3.05) is 6.61 Å². The average Bonchev–Trinajstić information content (AvgIpc) is 2.44. The van der Waals surface area contributed by atoms with Gasteiger partial charge in [0.05, 0.1) is 5.56 Å². The van der Waals surface area contributed by atoms with Crippen LogP contribution in [0, 0.1) is 0 Å². The molecule has 0 heterocycles. The van der Waals surface area contributed by atoms with Crippen LogP contribution in [0.15, 0.2) is 60.7 Å². The zero-order valence-corrected chi connectivity index (χ0v) is 11.0. The standard InChI is InChI=1S/C16H13ClO2/c17-15-10-4-9-14(12-15)16(18)19-11-5-8-13-6-2-1-3-7-13/h1-10,12H,11H2/b8-5+. The van der Waals surface area contributed by atoms with Crippen LogP contribution < -0.4 is 0 Å². The summed E-state index contributed by atoms with van der Waals surface area (Å²) in [5.41, 5.74) is 1.53. The minimum absolute atomic E-state index is 0.236. The van der Waals surface area contributed by atoms with Gasteiger partial charge in [-0.1, -0.05) is 54.1 Å². The average molecular weight is 273 g/mol. The summed E-state index contributed by atoms with van der Waals surface area (Å²) in [6.45, 7) is 0.236. The van der Waals surface area contributed by atoms with Crippen LogP contribution in [0.5, 0.6) is 0 Å². The zero-order valence-electron chi connectivity index (χ0n) is 10.3. The van der Waals surface area contributed by atoms with Crippen LogP contribution in [0.2, 0.25) is 5.02 Å². The molecule has 0 spiro atoms. The number of carbonyl (C=O) groups is 1. The van der Waals surface area contributed by atoms with Crippen molar-refractivity contribution in [3.05, 3.63) is 76.8 Å². The molecule has 0 saturated carbocycles. The van der Waals surface area contributed by atoms with Gasteiger partial charge in [-0.2, -0.15) is 0 Å². The Morgan fingerprint density at radius 2 is 1.89 bits per heavy atom. The fraction of sp³-hybridized carbons (Fsp3) is 0.0625. The van der Waals surface area contributed by atoms with Gasteiger partial charge in [0.15, 0.2) is 0 Å². The first-order chi connectivity index (χ1) is 9.25. The minimum atomic E-state index is -0.375. The normalized spacial score (nSPS) is 10.6. The van der Waals surface area contributed by atoms with Crippen molar-refractivity contribution in [2.45, 2.75) is 0 Å². The van der Waals surface area contributed by atoms with E-state index in [2.05, 4.69) is 0 Å². The predicted molar refractivity (Wildman–Crippen MR) is 77.2 cm³/mol. The van der Waals surface area contributed by atoms with Crippen LogP contribution in [0.3, 0.4) is 0 Å². The molecule has 0 aliphatic carbocycles. The molecule has 0 fully saturated rings. The van der Waals surface area contributed by atoms with Gasteiger partial charge in [0, 0.05) is 5.02 Å². The number of carbonyl (C=O) groups excluding carboxylic acids is 1. The Morgan fingerprint density at radius 3 is 2.63 bits per heavy atom. The molecule has 0 unspecified atom stereocenters. The first kappa shape index (κ1) is 13.4. The van der Waals surface area contributed by atoms with Crippen molar-refractivity contribution in [1.29, 1.82) is 0 Å². The quantitative estimate of drug-likeness (QED) is 0.780. The van der Waals surface area contributed by atoms with Crippen molar-refractivity contribution >= 4 is 23.6 Å². The predicted octanol–water partition coefficient (Wildman–Crippen LogP) is 4.21. The second kappa shape index (κ2) is 6.76. The van der Waals surface area contributed by atoms with Gasteiger partial charge >= 0.3 is 5.97 Å². The smallest absolute Gasteiger partial charge is 0.338 e. The summed E-state index contributed by atoms with van der Waals surface area (Å²) in [4.78, 5) is 11.7. The van der Waals surface area contributed by atoms with Crippen LogP contribution in [0.25, 0.3) is 6.08 Å². The van der Waals surface area contributed by atoms with E-state index >= 15 is 0 Å². The van der Waals surface area contributed by atoms with Gasteiger partial charge in [-0.15, -0.1) is 0 Å². The van der Waals surface area contributed by atoms with Gasteiger partial charge in [0.25, 0.3) is 0 Å². The van der Waals surface area contributed by atoms with E-state index in [1.807, 2.05) is 36.4 Å². The molecule has 96 valence electrons. The molecule has 0 aromatic heterocycles. The summed E-state index contributed by atoms with van der Waals surface area (Å²) < 4.78 is 5.12. The molecule has 19 heavy (non-hydrogen) atoms. The molecule has 0 aliphatic heterocycles. The summed E-state index contributed by atoms with van der Waals surface area (Å²) in [5.74, 6) is -0.375. The number of halogens is 1. The Bertz CT molecular complexity index is 576. The second-order valence-corrected chi connectivity index (χ2v) is 4.36. The van der Waals surface area contributed by atoms with E-state index in [0.717, 1.165) is 5.56 Å². The molecule has 0 amide bonds. The van der Waals surface area contributed by atoms with Crippen molar-refractivity contribution in [1.82, 2.24) is 0 Å². The molecule has 0 aliphatic rings. The Hall–Kier alpha value is -2.06. The highest BCUT2D eigenvalue weighted by molar-refractivity contribution is 6.30. The molecule has 0 bridgehead atoms. The van der Waals surface area contributed by atoms with Crippen LogP contribution in [0.4, 0.5) is 0 Å². The number of hydrogen-bond donors (Lipinski definition) is 0. The van der Waals surface area contributed by atoms with Gasteiger partial charge < -0.3 is 4.74 Å². The summed E-state index contributed by atoms with van der Waals surface area (Å²) in [7, 11) is 0. The lowest BCUT2D eigenvalue weighted by molar-refractivity contribution is 0.0550. The molecule has 2 nitrogen and oxygen atoms in total. The lowest BCUT2D eigenvalue weighted by Crippen LogP contribution is -2.04. The third kappa shape index (κ3) is 4.27. The second-order valence-electron chi connectivity index (χ2n) is 3.92. The minimum Gasteiger partial charge on any atom is -0.458 e. The van der Waals surface area contributed by atoms with Crippen molar-refractivity contribution in [2.24, 2.45) is 0 Å². The number of hydrogen-bond acceptors (Lipinski definition) is 2. The molecule has 2 aromatic rings. The van der Waals surface area contributed by atoms with Gasteiger partial charge in [0.1, 0.15) is 6.61 Å². The molecular weight excluding hydrogens is 260 g/mol. The largest absolute Gasteiger partial charge is 0.458 e. The molecule has 0 radical (unpaired) electrons. The van der Waals surface area contributed by atoms with Gasteiger partial charge in [-0.25, -0.2) is 4.79 Å². The van der Waals surface area contributed by atoms with E-state index in [9.17, 15) is 4.79 Å². The summed E-state index contributed by atoms with van der Waals surface area (Å²) >= 11 is 5.81. The van der Waals surface area contributed by atoms with Gasteiger partial charge in [-0.05, 0) is 29.8 Å². The lowest BCUT2D eigenvalue weighted by atomic mass is 10.2. The molecular formula is C16H13ClO2. The highest BCUT2D eigenvalue weighted by atomic mass is 35.5. The maximum Gasteiger partial charge on any atom is 0.338 e. The number of ether oxygens (including phenoxy) is 1. The molecule has 2 aromatic carbocycles. The molecule has 0 N–H and O–H groups in total. The van der Waals surface area contributed by atoms with Crippen LogP contribution in [0.1, 0.15) is 15.9 Å². The monoisotopic (exact) mass is 272 g/mol. The maximum absolute atomic E-state index is 11.7. The summed E-state index contributed by atoms with van der Waals surface area (Å²) in [5, 5.41) is 0.522. The van der Waals surface area contributed by atoms with E-state index in [1.165, 1.54) is 0 Å². The van der Waals surface area contributed by atoms with Crippen molar-refractivity contribution in [3.8, 4) is 0 Å². The van der Waals surface area contributed by atoms with Crippen LogP contribution in [-0.2, 0) is 4.74 Å². The zero-order chi connectivity index (χ0) is 13.5. The van der Waals surface area contributed by atoms with Crippen LogP contribution >= 0.6 is 11.6 Å². The molecule has 3 heteroatoms. The Labute approximate surface area is 117 Å². The van der Waals surface area contributed by atoms with E-state index < -0.39 is 0 Å². The van der Waals surface area contributed by atoms with E-state index in [1.54, 1.807) is 30.3 Å². The fourth-order valence-electron chi connectivity index (χ4n) is 1.57. The topological polar surface area (TPSA) is 26.3 Å². The van der Waals surface area contributed by atoms with E-state index in [-0.39, 0.29) is 12.6 Å². The third-order valence-electron chi connectivity index (χ3n) is 2.48. The fourth-order valence-corrected chi connectivity index (χ4v) is 1.76. The Balaban J connectivity index is 1.86. The van der Waals surface area contributed by atoms with E-state index in [4.69, 9.17) is 16.3 Å². The number of rotatable bonds is 4. The highest BCUT2D eigenvalue weighted by Crippen LogP contribution is 2.11. The number of benzene rings is 2. The maximum atomic E-state index is 11.7. The molecule has 2 rings (SSSR count). The third-order valence-corrected chi connectivity index (χ3v) is 2.72. The van der Waals surface area contributed by atoms with Crippen molar-refractivity contribution < 1.29 is 9.53 Å². The SMILES string of the molecule is O=C(OC/C=C/c1ccccc1)c1cccc(Cl)c1. The number of esters is 1. The van der Waals surface area contributed by atoms with Gasteiger partial charge in [0.2, 0.25) is 0 Å². The Morgan fingerprint density at radius 1 is 1.11 bits per heavy atom. The summed E-state index contributed by atoms with van der Waals surface area (Å²) in [6, 6.07) is 16.5. The van der Waals surface area contributed by atoms with Crippen LogP contribution in [-0.4, -0.2) is 12.6 Å².